The summed E-state index contributed by atoms with van der Waals surface area (Å²) in [6, 6.07) is 4.94. The van der Waals surface area contributed by atoms with Crippen LogP contribution in [-0.4, -0.2) is 58.3 Å². The van der Waals surface area contributed by atoms with Gasteiger partial charge in [0, 0.05) is 20.2 Å². The maximum Gasteiger partial charge on any atom is 0.384 e. The van der Waals surface area contributed by atoms with Crippen LogP contribution in [0.2, 0.25) is 5.15 Å². The molecule has 0 bridgehead atoms. The zero-order chi connectivity index (χ0) is 21.8. The average molecular weight is 466 g/mol. The van der Waals surface area contributed by atoms with Gasteiger partial charge in [-0.25, -0.2) is 22.9 Å². The number of hydrogen-bond acceptors (Lipinski definition) is 9. The number of amides is 2. The van der Waals surface area contributed by atoms with E-state index in [2.05, 4.69) is 15.3 Å². The second kappa shape index (κ2) is 8.77. The van der Waals surface area contributed by atoms with Gasteiger partial charge < -0.3 is 8.92 Å². The van der Waals surface area contributed by atoms with Crippen molar-refractivity contribution in [1.29, 1.82) is 0 Å². The SMILES string of the molecule is COc1cc(Cl)nc(NC(=O)NS(=O)(=O)c2ccccc2OS(=O)(=O)N(C)C)n1. The number of anilines is 1. The summed E-state index contributed by atoms with van der Waals surface area (Å²) in [4.78, 5) is 19.0. The lowest BCUT2D eigenvalue weighted by molar-refractivity contribution is 0.256. The molecule has 0 fully saturated rings. The molecule has 0 aliphatic carbocycles. The third-order valence-corrected chi connectivity index (χ3v) is 5.96. The molecule has 158 valence electrons. The fraction of sp³-hybridized carbons (Fsp3) is 0.214. The highest BCUT2D eigenvalue weighted by Gasteiger charge is 2.26. The number of halogens is 1. The molecule has 2 amide bonds. The van der Waals surface area contributed by atoms with Crippen LogP contribution in [0, 0.1) is 0 Å². The number of carbonyl (C=O) groups excluding carboxylic acids is 1. The molecule has 15 heteroatoms. The van der Waals surface area contributed by atoms with Crippen molar-refractivity contribution in [2.24, 2.45) is 0 Å². The highest BCUT2D eigenvalue weighted by atomic mass is 35.5. The summed E-state index contributed by atoms with van der Waals surface area (Å²) in [5, 5.41) is 2.03. The summed E-state index contributed by atoms with van der Waals surface area (Å²) < 4.78 is 61.0. The Bertz CT molecular complexity index is 1120. The Hall–Kier alpha value is -2.68. The number of sulfonamides is 1. The minimum Gasteiger partial charge on any atom is -0.481 e. The van der Waals surface area contributed by atoms with Gasteiger partial charge in [0.15, 0.2) is 5.75 Å². The van der Waals surface area contributed by atoms with Gasteiger partial charge in [0.25, 0.3) is 10.0 Å². The number of hydrogen-bond donors (Lipinski definition) is 2. The van der Waals surface area contributed by atoms with Crippen molar-refractivity contribution in [3.8, 4) is 11.6 Å². The molecule has 0 unspecified atom stereocenters. The minimum absolute atomic E-state index is 0.0378. The van der Waals surface area contributed by atoms with Crippen LogP contribution >= 0.6 is 11.6 Å². The summed E-state index contributed by atoms with van der Waals surface area (Å²) in [5.74, 6) is -0.778. The minimum atomic E-state index is -4.52. The fourth-order valence-corrected chi connectivity index (χ4v) is 3.58. The van der Waals surface area contributed by atoms with E-state index in [9.17, 15) is 21.6 Å². The number of para-hydroxylation sites is 1. The van der Waals surface area contributed by atoms with Crippen LogP contribution in [0.5, 0.6) is 11.6 Å². The van der Waals surface area contributed by atoms with Crippen molar-refractivity contribution >= 4 is 43.9 Å². The topological polar surface area (TPSA) is 157 Å². The lowest BCUT2D eigenvalue weighted by Crippen LogP contribution is -2.35. The molecule has 0 atom stereocenters. The van der Waals surface area contributed by atoms with Crippen molar-refractivity contribution in [3.05, 3.63) is 35.5 Å². The van der Waals surface area contributed by atoms with Gasteiger partial charge in [0.2, 0.25) is 11.8 Å². The van der Waals surface area contributed by atoms with Crippen LogP contribution in [0.3, 0.4) is 0 Å². The zero-order valence-electron chi connectivity index (χ0n) is 15.3. The van der Waals surface area contributed by atoms with E-state index in [0.717, 1.165) is 16.4 Å². The van der Waals surface area contributed by atoms with Crippen molar-refractivity contribution in [3.63, 3.8) is 0 Å². The first-order chi connectivity index (χ1) is 13.4. The number of carbonyl (C=O) groups is 1. The largest absolute Gasteiger partial charge is 0.481 e. The Labute approximate surface area is 172 Å². The molecular formula is C14H16ClN5O7S2. The number of nitrogens with one attached hydrogen (secondary N) is 2. The summed E-state index contributed by atoms with van der Waals surface area (Å²) in [7, 11) is -5.03. The maximum atomic E-state index is 12.5. The second-order valence-electron chi connectivity index (χ2n) is 5.39. The van der Waals surface area contributed by atoms with E-state index in [1.165, 1.54) is 39.4 Å². The van der Waals surface area contributed by atoms with E-state index in [1.807, 2.05) is 0 Å². The summed E-state index contributed by atoms with van der Waals surface area (Å²) in [6.07, 6.45) is 0. The van der Waals surface area contributed by atoms with Crippen molar-refractivity contribution in [1.82, 2.24) is 19.0 Å². The molecule has 0 aliphatic heterocycles. The van der Waals surface area contributed by atoms with Crippen LogP contribution in [0.25, 0.3) is 0 Å². The van der Waals surface area contributed by atoms with Gasteiger partial charge in [0.1, 0.15) is 10.0 Å². The molecule has 2 N–H and O–H groups in total. The number of methoxy groups -OCH3 is 1. The average Bonchev–Trinajstić information content (AvgIpc) is 2.60. The van der Waals surface area contributed by atoms with E-state index in [1.54, 1.807) is 4.72 Å². The number of nitrogens with zero attached hydrogens (tertiary/aromatic N) is 3. The number of aromatic nitrogens is 2. The number of urea groups is 1. The Morgan fingerprint density at radius 1 is 1.14 bits per heavy atom. The molecule has 0 saturated carbocycles. The molecule has 0 saturated heterocycles. The molecule has 2 rings (SSSR count). The first kappa shape index (κ1) is 22.6. The van der Waals surface area contributed by atoms with E-state index in [4.69, 9.17) is 20.5 Å². The zero-order valence-corrected chi connectivity index (χ0v) is 17.7. The monoisotopic (exact) mass is 465 g/mol. The second-order valence-corrected chi connectivity index (χ2v) is 9.18. The predicted molar refractivity (Wildman–Crippen MR) is 103 cm³/mol. The van der Waals surface area contributed by atoms with Crippen LogP contribution < -0.4 is 19.0 Å². The fourth-order valence-electron chi connectivity index (χ4n) is 1.79. The Morgan fingerprint density at radius 2 is 1.79 bits per heavy atom. The molecule has 1 aromatic heterocycles. The van der Waals surface area contributed by atoms with Crippen LogP contribution in [-0.2, 0) is 20.3 Å². The Morgan fingerprint density at radius 3 is 2.41 bits per heavy atom. The van der Waals surface area contributed by atoms with Crippen molar-refractivity contribution in [2.75, 3.05) is 26.5 Å². The van der Waals surface area contributed by atoms with Gasteiger partial charge in [-0.3, -0.25) is 5.32 Å². The quantitative estimate of drug-likeness (QED) is 0.565. The third-order valence-electron chi connectivity index (χ3n) is 3.11. The molecule has 1 heterocycles. The Kier molecular flexibility index (Phi) is 6.84. The normalized spacial score (nSPS) is 11.8. The van der Waals surface area contributed by atoms with Gasteiger partial charge >= 0.3 is 16.3 Å². The number of rotatable bonds is 7. The smallest absolute Gasteiger partial charge is 0.384 e. The molecule has 0 spiro atoms. The van der Waals surface area contributed by atoms with E-state index < -0.39 is 37.0 Å². The van der Waals surface area contributed by atoms with Gasteiger partial charge in [-0.1, -0.05) is 23.7 Å². The van der Waals surface area contributed by atoms with Crippen molar-refractivity contribution < 1.29 is 30.6 Å². The van der Waals surface area contributed by atoms with Crippen LogP contribution in [0.15, 0.2) is 35.2 Å². The molecule has 29 heavy (non-hydrogen) atoms. The lowest BCUT2D eigenvalue weighted by atomic mass is 10.3. The summed E-state index contributed by atoms with van der Waals surface area (Å²) >= 11 is 5.75. The van der Waals surface area contributed by atoms with E-state index >= 15 is 0 Å². The molecule has 0 radical (unpaired) electrons. The first-order valence-electron chi connectivity index (χ1n) is 7.58. The highest BCUT2D eigenvalue weighted by molar-refractivity contribution is 7.90. The highest BCUT2D eigenvalue weighted by Crippen LogP contribution is 2.25. The first-order valence-corrected chi connectivity index (χ1v) is 10.8. The van der Waals surface area contributed by atoms with E-state index in [-0.39, 0.29) is 17.0 Å². The van der Waals surface area contributed by atoms with Crippen LogP contribution in [0.4, 0.5) is 10.7 Å². The van der Waals surface area contributed by atoms with Gasteiger partial charge in [-0.2, -0.15) is 17.7 Å². The number of benzene rings is 1. The molecule has 12 nitrogen and oxygen atoms in total. The molecule has 2 aromatic rings. The predicted octanol–water partition coefficient (Wildman–Crippen LogP) is 0.834. The molecule has 1 aromatic carbocycles. The lowest BCUT2D eigenvalue weighted by Gasteiger charge is -2.15. The summed E-state index contributed by atoms with van der Waals surface area (Å²) in [6.45, 7) is 0. The van der Waals surface area contributed by atoms with Crippen LogP contribution in [0.1, 0.15) is 0 Å². The maximum absolute atomic E-state index is 12.5. The third kappa shape index (κ3) is 5.90. The van der Waals surface area contributed by atoms with Gasteiger partial charge in [-0.15, -0.1) is 0 Å². The molecular weight excluding hydrogens is 450 g/mol. The Balaban J connectivity index is 2.26. The van der Waals surface area contributed by atoms with Gasteiger partial charge in [-0.05, 0) is 12.1 Å². The standard InChI is InChI=1S/C14H16ClN5O7S2/c1-20(2)29(24,25)27-9-6-4-5-7-10(9)28(22,23)19-14(21)18-13-16-11(15)8-12(17-13)26-3/h4-8H,1-3H3,(H2,16,17,18,19,21). The number of ether oxygens (including phenoxy) is 1. The molecule has 0 aliphatic rings. The summed E-state index contributed by atoms with van der Waals surface area (Å²) in [5.41, 5.74) is 0. The van der Waals surface area contributed by atoms with Crippen molar-refractivity contribution in [2.45, 2.75) is 4.90 Å². The van der Waals surface area contributed by atoms with E-state index in [0.29, 0.717) is 0 Å². The van der Waals surface area contributed by atoms with Gasteiger partial charge in [0.05, 0.1) is 7.11 Å².